The molecule has 1 rings (SSSR count). The van der Waals surface area contributed by atoms with Crippen LogP contribution in [0.4, 0.5) is 0 Å². The third-order valence-electron chi connectivity index (χ3n) is 3.54. The third-order valence-corrected chi connectivity index (χ3v) is 3.54. The molecule has 1 aliphatic carbocycles. The fourth-order valence-corrected chi connectivity index (χ4v) is 2.52. The molecule has 0 aromatic rings. The van der Waals surface area contributed by atoms with Gasteiger partial charge in [-0.25, -0.2) is 0 Å². The van der Waals surface area contributed by atoms with E-state index in [4.69, 9.17) is 5.73 Å². The predicted molar refractivity (Wildman–Crippen MR) is 67.0 cm³/mol. The first kappa shape index (κ1) is 13.5. The molecule has 0 heterocycles. The lowest BCUT2D eigenvalue weighted by molar-refractivity contribution is -0.123. The first-order valence-electron chi connectivity index (χ1n) is 6.56. The lowest BCUT2D eigenvalue weighted by atomic mass is 9.98. The molecule has 0 unspecified atom stereocenters. The number of nitrogens with one attached hydrogen (secondary N) is 1. The van der Waals surface area contributed by atoms with Crippen molar-refractivity contribution in [3.63, 3.8) is 0 Å². The van der Waals surface area contributed by atoms with Crippen molar-refractivity contribution in [1.82, 2.24) is 5.32 Å². The minimum atomic E-state index is -0.344. The van der Waals surface area contributed by atoms with Gasteiger partial charge in [0, 0.05) is 6.04 Å². The summed E-state index contributed by atoms with van der Waals surface area (Å²) in [6.45, 7) is 6.29. The highest BCUT2D eigenvalue weighted by molar-refractivity contribution is 5.81. The number of hydrogen-bond donors (Lipinski definition) is 2. The Bertz CT molecular complexity index is 222. The van der Waals surface area contributed by atoms with Crippen LogP contribution in [0.3, 0.4) is 0 Å². The van der Waals surface area contributed by atoms with Gasteiger partial charge in [0.1, 0.15) is 0 Å². The maximum Gasteiger partial charge on any atom is 0.237 e. The van der Waals surface area contributed by atoms with Crippen LogP contribution in [0.2, 0.25) is 0 Å². The van der Waals surface area contributed by atoms with Gasteiger partial charge in [-0.05, 0) is 38.0 Å². The molecule has 94 valence electrons. The quantitative estimate of drug-likeness (QED) is 0.754. The molecule has 1 saturated carbocycles. The monoisotopic (exact) mass is 226 g/mol. The minimum absolute atomic E-state index is 0.0214. The standard InChI is InChI=1S/C13H26N2O/c1-9(2)8-12(14)13(16)15-10(3)11-6-4-5-7-11/h9-12H,4-8,14H2,1-3H3,(H,15,16)/t10-,12-/m0/s1. The van der Waals surface area contributed by atoms with Crippen molar-refractivity contribution in [2.75, 3.05) is 0 Å². The molecular formula is C13H26N2O. The van der Waals surface area contributed by atoms with E-state index in [9.17, 15) is 4.79 Å². The zero-order valence-corrected chi connectivity index (χ0v) is 10.8. The molecule has 3 nitrogen and oxygen atoms in total. The third kappa shape index (κ3) is 4.12. The van der Waals surface area contributed by atoms with Crippen LogP contribution >= 0.6 is 0 Å². The van der Waals surface area contributed by atoms with Crippen molar-refractivity contribution in [1.29, 1.82) is 0 Å². The first-order chi connectivity index (χ1) is 7.50. The zero-order chi connectivity index (χ0) is 12.1. The molecule has 1 fully saturated rings. The van der Waals surface area contributed by atoms with Crippen molar-refractivity contribution in [3.05, 3.63) is 0 Å². The Balaban J connectivity index is 2.31. The van der Waals surface area contributed by atoms with Crippen LogP contribution in [0.5, 0.6) is 0 Å². The summed E-state index contributed by atoms with van der Waals surface area (Å²) < 4.78 is 0. The van der Waals surface area contributed by atoms with Crippen LogP contribution in [-0.2, 0) is 4.79 Å². The molecule has 1 amide bonds. The fraction of sp³-hybridized carbons (Fsp3) is 0.923. The van der Waals surface area contributed by atoms with E-state index in [0.717, 1.165) is 6.42 Å². The van der Waals surface area contributed by atoms with Crippen molar-refractivity contribution in [2.45, 2.75) is 65.0 Å². The number of amides is 1. The van der Waals surface area contributed by atoms with E-state index in [-0.39, 0.29) is 18.0 Å². The van der Waals surface area contributed by atoms with Crippen molar-refractivity contribution >= 4 is 5.91 Å². The molecule has 0 spiro atoms. The molecule has 0 aromatic carbocycles. The Hall–Kier alpha value is -0.570. The van der Waals surface area contributed by atoms with Crippen molar-refractivity contribution in [2.24, 2.45) is 17.6 Å². The van der Waals surface area contributed by atoms with E-state index < -0.39 is 0 Å². The van der Waals surface area contributed by atoms with Crippen LogP contribution in [0, 0.1) is 11.8 Å². The van der Waals surface area contributed by atoms with Crippen molar-refractivity contribution < 1.29 is 4.79 Å². The zero-order valence-electron chi connectivity index (χ0n) is 10.8. The molecule has 3 heteroatoms. The van der Waals surface area contributed by atoms with Crippen LogP contribution in [-0.4, -0.2) is 18.0 Å². The summed E-state index contributed by atoms with van der Waals surface area (Å²) in [6.07, 6.45) is 5.89. The Kier molecular flexibility index (Phi) is 5.26. The molecule has 0 aromatic heterocycles. The van der Waals surface area contributed by atoms with Gasteiger partial charge in [0.2, 0.25) is 5.91 Å². The Morgan fingerprint density at radius 3 is 2.38 bits per heavy atom. The van der Waals surface area contributed by atoms with Crippen LogP contribution in [0.1, 0.15) is 52.9 Å². The molecule has 0 radical (unpaired) electrons. The summed E-state index contributed by atoms with van der Waals surface area (Å²) in [5.74, 6) is 1.16. The molecule has 0 aliphatic heterocycles. The van der Waals surface area contributed by atoms with Crippen LogP contribution in [0.25, 0.3) is 0 Å². The van der Waals surface area contributed by atoms with Gasteiger partial charge in [0.15, 0.2) is 0 Å². The maximum atomic E-state index is 11.8. The highest BCUT2D eigenvalue weighted by Gasteiger charge is 2.24. The second-order valence-corrected chi connectivity index (χ2v) is 5.58. The van der Waals surface area contributed by atoms with Gasteiger partial charge >= 0.3 is 0 Å². The van der Waals surface area contributed by atoms with Gasteiger partial charge in [0.05, 0.1) is 6.04 Å². The van der Waals surface area contributed by atoms with Gasteiger partial charge in [-0.2, -0.15) is 0 Å². The summed E-state index contributed by atoms with van der Waals surface area (Å²) in [5, 5.41) is 3.06. The van der Waals surface area contributed by atoms with E-state index >= 15 is 0 Å². The number of carbonyl (C=O) groups excluding carboxylic acids is 1. The summed E-state index contributed by atoms with van der Waals surface area (Å²) >= 11 is 0. The van der Waals surface area contributed by atoms with E-state index in [1.165, 1.54) is 25.7 Å². The molecule has 3 N–H and O–H groups in total. The average Bonchev–Trinajstić information content (AvgIpc) is 2.68. The SMILES string of the molecule is CC(C)C[C@H](N)C(=O)N[C@@H](C)C1CCCC1. The highest BCUT2D eigenvalue weighted by atomic mass is 16.2. The molecule has 0 bridgehead atoms. The Morgan fingerprint density at radius 1 is 1.31 bits per heavy atom. The number of nitrogens with two attached hydrogens (primary N) is 1. The topological polar surface area (TPSA) is 55.1 Å². The predicted octanol–water partition coefficient (Wildman–Crippen LogP) is 2.05. The first-order valence-corrected chi connectivity index (χ1v) is 6.56. The second-order valence-electron chi connectivity index (χ2n) is 5.58. The van der Waals surface area contributed by atoms with Gasteiger partial charge in [-0.1, -0.05) is 26.7 Å². The Morgan fingerprint density at radius 2 is 1.88 bits per heavy atom. The van der Waals surface area contributed by atoms with E-state index in [0.29, 0.717) is 11.8 Å². The van der Waals surface area contributed by atoms with Gasteiger partial charge in [0.25, 0.3) is 0 Å². The lowest BCUT2D eigenvalue weighted by Gasteiger charge is -2.23. The van der Waals surface area contributed by atoms with Gasteiger partial charge < -0.3 is 11.1 Å². The fourth-order valence-electron chi connectivity index (χ4n) is 2.52. The minimum Gasteiger partial charge on any atom is -0.352 e. The summed E-state index contributed by atoms with van der Waals surface area (Å²) in [5.41, 5.74) is 5.85. The summed E-state index contributed by atoms with van der Waals surface area (Å²) in [7, 11) is 0. The molecule has 1 aliphatic rings. The second kappa shape index (κ2) is 6.24. The average molecular weight is 226 g/mol. The highest BCUT2D eigenvalue weighted by Crippen LogP contribution is 2.27. The van der Waals surface area contributed by atoms with Crippen LogP contribution < -0.4 is 11.1 Å². The smallest absolute Gasteiger partial charge is 0.237 e. The summed E-state index contributed by atoms with van der Waals surface area (Å²) in [6, 6.07) is -0.0583. The van der Waals surface area contributed by atoms with Gasteiger partial charge in [-0.15, -0.1) is 0 Å². The van der Waals surface area contributed by atoms with E-state index in [1.807, 2.05) is 0 Å². The molecule has 0 saturated heterocycles. The number of carbonyl (C=O) groups is 1. The molecular weight excluding hydrogens is 200 g/mol. The van der Waals surface area contributed by atoms with E-state index in [2.05, 4.69) is 26.1 Å². The largest absolute Gasteiger partial charge is 0.352 e. The lowest BCUT2D eigenvalue weighted by Crippen LogP contribution is -2.46. The number of hydrogen-bond acceptors (Lipinski definition) is 2. The Labute approximate surface area is 99.2 Å². The molecule has 2 atom stereocenters. The maximum absolute atomic E-state index is 11.8. The normalized spacial score (nSPS) is 21.1. The summed E-state index contributed by atoms with van der Waals surface area (Å²) in [4.78, 5) is 11.8. The van der Waals surface area contributed by atoms with E-state index in [1.54, 1.807) is 0 Å². The molecule has 16 heavy (non-hydrogen) atoms. The van der Waals surface area contributed by atoms with Gasteiger partial charge in [-0.3, -0.25) is 4.79 Å². The number of rotatable bonds is 5. The van der Waals surface area contributed by atoms with Crippen LogP contribution in [0.15, 0.2) is 0 Å². The van der Waals surface area contributed by atoms with Crippen molar-refractivity contribution in [3.8, 4) is 0 Å².